The van der Waals surface area contributed by atoms with Gasteiger partial charge < -0.3 is 9.26 Å². The van der Waals surface area contributed by atoms with Crippen LogP contribution < -0.4 is 5.32 Å². The van der Waals surface area contributed by atoms with Crippen LogP contribution >= 0.6 is 0 Å². The van der Waals surface area contributed by atoms with Gasteiger partial charge in [0.05, 0.1) is 12.8 Å². The van der Waals surface area contributed by atoms with Crippen molar-refractivity contribution in [3.05, 3.63) is 53.4 Å². The third-order valence-corrected chi connectivity index (χ3v) is 2.73. The number of carbonyl (C=O) groups is 1. The van der Waals surface area contributed by atoms with Gasteiger partial charge in [-0.25, -0.2) is 4.79 Å². The Morgan fingerprint density at radius 1 is 1.42 bits per heavy atom. The number of carbonyl (C=O) groups excluding carboxylic acids is 1. The maximum Gasteiger partial charge on any atom is 0.327 e. The Morgan fingerprint density at radius 2 is 2.16 bits per heavy atom. The lowest BCUT2D eigenvalue weighted by Crippen LogP contribution is -2.29. The monoisotopic (exact) mass is 260 g/mol. The van der Waals surface area contributed by atoms with Crippen LogP contribution in [0.4, 0.5) is 0 Å². The van der Waals surface area contributed by atoms with Crippen LogP contribution in [0.2, 0.25) is 0 Å². The van der Waals surface area contributed by atoms with Gasteiger partial charge in [0.15, 0.2) is 0 Å². The Kier molecular flexibility index (Phi) is 4.30. The zero-order valence-electron chi connectivity index (χ0n) is 10.9. The van der Waals surface area contributed by atoms with E-state index >= 15 is 0 Å². The quantitative estimate of drug-likeness (QED) is 0.833. The molecule has 2 aromatic rings. The predicted molar refractivity (Wildman–Crippen MR) is 69.3 cm³/mol. The summed E-state index contributed by atoms with van der Waals surface area (Å²) in [6.07, 6.45) is 0. The molecule has 1 aromatic heterocycles. The van der Waals surface area contributed by atoms with Gasteiger partial charge in [0.1, 0.15) is 11.8 Å². The molecule has 19 heavy (non-hydrogen) atoms. The summed E-state index contributed by atoms with van der Waals surface area (Å²) in [5.41, 5.74) is 1.61. The van der Waals surface area contributed by atoms with E-state index in [1.54, 1.807) is 0 Å². The SMILES string of the molecule is COC(=O)C(NCc1cc(C)on1)c1ccccc1. The molecule has 0 spiro atoms. The van der Waals surface area contributed by atoms with Crippen molar-refractivity contribution in [3.8, 4) is 0 Å². The lowest BCUT2D eigenvalue weighted by Gasteiger charge is -2.15. The molecular formula is C14H16N2O3. The van der Waals surface area contributed by atoms with Crippen molar-refractivity contribution in [2.24, 2.45) is 0 Å². The second-order valence-corrected chi connectivity index (χ2v) is 4.18. The van der Waals surface area contributed by atoms with E-state index < -0.39 is 6.04 Å². The van der Waals surface area contributed by atoms with Gasteiger partial charge in [0.2, 0.25) is 0 Å². The van der Waals surface area contributed by atoms with Crippen molar-refractivity contribution in [1.29, 1.82) is 0 Å². The number of hydrogen-bond acceptors (Lipinski definition) is 5. The minimum Gasteiger partial charge on any atom is -0.468 e. The average Bonchev–Trinajstić information content (AvgIpc) is 2.85. The normalized spacial score (nSPS) is 12.1. The highest BCUT2D eigenvalue weighted by atomic mass is 16.5. The summed E-state index contributed by atoms with van der Waals surface area (Å²) in [7, 11) is 1.38. The number of ether oxygens (including phenoxy) is 1. The average molecular weight is 260 g/mol. The number of nitrogens with one attached hydrogen (secondary N) is 1. The molecule has 5 nitrogen and oxygen atoms in total. The fraction of sp³-hybridized carbons (Fsp3) is 0.286. The molecule has 5 heteroatoms. The fourth-order valence-electron chi connectivity index (χ4n) is 1.81. The molecule has 2 rings (SSSR count). The molecule has 0 amide bonds. The molecule has 0 aliphatic heterocycles. The van der Waals surface area contributed by atoms with Crippen molar-refractivity contribution < 1.29 is 14.1 Å². The van der Waals surface area contributed by atoms with Gasteiger partial charge >= 0.3 is 5.97 Å². The number of esters is 1. The highest BCUT2D eigenvalue weighted by Gasteiger charge is 2.20. The highest BCUT2D eigenvalue weighted by molar-refractivity contribution is 5.77. The van der Waals surface area contributed by atoms with E-state index in [1.165, 1.54) is 7.11 Å². The molecule has 0 aliphatic carbocycles. The molecule has 1 unspecified atom stereocenters. The molecule has 100 valence electrons. The zero-order valence-corrected chi connectivity index (χ0v) is 10.9. The van der Waals surface area contributed by atoms with E-state index in [2.05, 4.69) is 10.5 Å². The number of hydrogen-bond donors (Lipinski definition) is 1. The standard InChI is InChI=1S/C14H16N2O3/c1-10-8-12(16-19-10)9-15-13(14(17)18-2)11-6-4-3-5-7-11/h3-8,13,15H,9H2,1-2H3. The van der Waals surface area contributed by atoms with Crippen LogP contribution in [0.1, 0.15) is 23.1 Å². The van der Waals surface area contributed by atoms with E-state index in [1.807, 2.05) is 43.3 Å². The molecule has 1 atom stereocenters. The van der Waals surface area contributed by atoms with Gasteiger partial charge in [-0.2, -0.15) is 0 Å². The van der Waals surface area contributed by atoms with Gasteiger partial charge in [-0.05, 0) is 12.5 Å². The van der Waals surface area contributed by atoms with Gasteiger partial charge in [-0.3, -0.25) is 5.32 Å². The second kappa shape index (κ2) is 6.15. The summed E-state index contributed by atoms with van der Waals surface area (Å²) in [6, 6.07) is 10.7. The van der Waals surface area contributed by atoms with Gasteiger partial charge in [0, 0.05) is 12.6 Å². The van der Waals surface area contributed by atoms with Crippen LogP contribution in [-0.4, -0.2) is 18.2 Å². The van der Waals surface area contributed by atoms with E-state index in [0.29, 0.717) is 6.54 Å². The molecule has 0 fully saturated rings. The van der Waals surface area contributed by atoms with E-state index in [9.17, 15) is 4.79 Å². The zero-order chi connectivity index (χ0) is 13.7. The third kappa shape index (κ3) is 3.42. The van der Waals surface area contributed by atoms with Crippen LogP contribution in [0.25, 0.3) is 0 Å². The molecule has 0 radical (unpaired) electrons. The maximum absolute atomic E-state index is 11.8. The predicted octanol–water partition coefficient (Wildman–Crippen LogP) is 1.99. The second-order valence-electron chi connectivity index (χ2n) is 4.18. The maximum atomic E-state index is 11.8. The van der Waals surface area contributed by atoms with Crippen molar-refractivity contribution in [2.75, 3.05) is 7.11 Å². The van der Waals surface area contributed by atoms with Gasteiger partial charge in [-0.1, -0.05) is 35.5 Å². The fourth-order valence-corrected chi connectivity index (χ4v) is 1.81. The summed E-state index contributed by atoms with van der Waals surface area (Å²) in [5.74, 6) is 0.414. The topological polar surface area (TPSA) is 64.4 Å². The molecule has 0 aliphatic rings. The molecule has 0 bridgehead atoms. The van der Waals surface area contributed by atoms with E-state index in [-0.39, 0.29) is 5.97 Å². The minimum atomic E-state index is -0.511. The minimum absolute atomic E-state index is 0.327. The van der Waals surface area contributed by atoms with Gasteiger partial charge in [-0.15, -0.1) is 0 Å². The lowest BCUT2D eigenvalue weighted by atomic mass is 10.1. The van der Waals surface area contributed by atoms with Crippen LogP contribution in [-0.2, 0) is 16.1 Å². The lowest BCUT2D eigenvalue weighted by molar-refractivity contribution is -0.143. The van der Waals surface area contributed by atoms with Crippen LogP contribution in [0.5, 0.6) is 0 Å². The first-order chi connectivity index (χ1) is 9.20. The number of methoxy groups -OCH3 is 1. The molecule has 0 saturated carbocycles. The van der Waals surface area contributed by atoms with Crippen LogP contribution in [0.15, 0.2) is 40.9 Å². The number of nitrogens with zero attached hydrogens (tertiary/aromatic N) is 1. The molecule has 1 heterocycles. The molecule has 1 aromatic carbocycles. The van der Waals surface area contributed by atoms with Crippen molar-refractivity contribution in [2.45, 2.75) is 19.5 Å². The summed E-state index contributed by atoms with van der Waals surface area (Å²) in [6.45, 7) is 2.26. The van der Waals surface area contributed by atoms with E-state index in [4.69, 9.17) is 9.26 Å². The summed E-state index contributed by atoms with van der Waals surface area (Å²) >= 11 is 0. The molecular weight excluding hydrogens is 244 g/mol. The number of aryl methyl sites for hydroxylation is 1. The molecule has 1 N–H and O–H groups in total. The Bertz CT molecular complexity index is 537. The highest BCUT2D eigenvalue weighted by Crippen LogP contribution is 2.15. The smallest absolute Gasteiger partial charge is 0.327 e. The summed E-state index contributed by atoms with van der Waals surface area (Å²) in [4.78, 5) is 11.8. The largest absolute Gasteiger partial charge is 0.468 e. The Morgan fingerprint density at radius 3 is 2.74 bits per heavy atom. The van der Waals surface area contributed by atoms with Crippen molar-refractivity contribution in [1.82, 2.24) is 10.5 Å². The number of aromatic nitrogens is 1. The van der Waals surface area contributed by atoms with Crippen molar-refractivity contribution in [3.63, 3.8) is 0 Å². The van der Waals surface area contributed by atoms with Crippen molar-refractivity contribution >= 4 is 5.97 Å². The number of rotatable bonds is 5. The third-order valence-electron chi connectivity index (χ3n) is 2.73. The Balaban J connectivity index is 2.09. The van der Waals surface area contributed by atoms with Crippen LogP contribution in [0, 0.1) is 6.92 Å². The first-order valence-electron chi connectivity index (χ1n) is 5.99. The Labute approximate surface area is 111 Å². The van der Waals surface area contributed by atoms with E-state index in [0.717, 1.165) is 17.0 Å². The number of benzene rings is 1. The summed E-state index contributed by atoms with van der Waals surface area (Å²) < 4.78 is 9.80. The molecule has 0 saturated heterocycles. The summed E-state index contributed by atoms with van der Waals surface area (Å²) in [5, 5.41) is 7.00. The van der Waals surface area contributed by atoms with Crippen LogP contribution in [0.3, 0.4) is 0 Å². The first kappa shape index (κ1) is 13.3. The Hall–Kier alpha value is -2.14. The van der Waals surface area contributed by atoms with Gasteiger partial charge in [0.25, 0.3) is 0 Å². The first-order valence-corrected chi connectivity index (χ1v) is 5.99.